The van der Waals surface area contributed by atoms with Crippen LogP contribution in [0.3, 0.4) is 0 Å². The molecule has 0 aromatic heterocycles. The Labute approximate surface area is 174 Å². The number of halogens is 1. The lowest BCUT2D eigenvalue weighted by atomic mass is 10.0. The summed E-state index contributed by atoms with van der Waals surface area (Å²) in [5.74, 6) is 1.75. The molecule has 1 saturated heterocycles. The van der Waals surface area contributed by atoms with Crippen molar-refractivity contribution >= 4 is 29.9 Å². The van der Waals surface area contributed by atoms with Gasteiger partial charge in [0.2, 0.25) is 0 Å². The Hall–Kier alpha value is -1.06. The van der Waals surface area contributed by atoms with Gasteiger partial charge in [0.05, 0.1) is 19.8 Å². The van der Waals surface area contributed by atoms with Gasteiger partial charge in [0, 0.05) is 38.8 Å². The average molecular weight is 476 g/mol. The predicted molar refractivity (Wildman–Crippen MR) is 118 cm³/mol. The molecule has 1 aromatic rings. The number of aliphatic imine (C=N–C) groups is 1. The van der Waals surface area contributed by atoms with Crippen molar-refractivity contribution in [3.8, 4) is 5.75 Å². The van der Waals surface area contributed by atoms with Crippen molar-refractivity contribution in [3.05, 3.63) is 30.3 Å². The van der Waals surface area contributed by atoms with Gasteiger partial charge in [0.1, 0.15) is 5.75 Å². The normalized spacial score (nSPS) is 15.9. The van der Waals surface area contributed by atoms with Crippen LogP contribution < -0.4 is 15.4 Å². The van der Waals surface area contributed by atoms with Gasteiger partial charge in [-0.2, -0.15) is 0 Å². The fourth-order valence-corrected chi connectivity index (χ4v) is 2.79. The largest absolute Gasteiger partial charge is 0.494 e. The lowest BCUT2D eigenvalue weighted by molar-refractivity contribution is -0.00833. The molecular formula is C19H33IN4O2. The van der Waals surface area contributed by atoms with E-state index in [1.165, 1.54) is 0 Å². The van der Waals surface area contributed by atoms with Crippen molar-refractivity contribution in [3.63, 3.8) is 0 Å². The van der Waals surface area contributed by atoms with Crippen molar-refractivity contribution in [1.29, 1.82) is 0 Å². The van der Waals surface area contributed by atoms with Crippen LogP contribution in [0.15, 0.2) is 35.3 Å². The van der Waals surface area contributed by atoms with Gasteiger partial charge in [-0.25, -0.2) is 0 Å². The zero-order chi connectivity index (χ0) is 18.0. The molecule has 148 valence electrons. The molecule has 2 rings (SSSR count). The van der Waals surface area contributed by atoms with Gasteiger partial charge >= 0.3 is 0 Å². The van der Waals surface area contributed by atoms with E-state index in [1.807, 2.05) is 30.3 Å². The Bertz CT molecular complexity index is 520. The van der Waals surface area contributed by atoms with Gasteiger partial charge < -0.3 is 20.1 Å². The highest BCUT2D eigenvalue weighted by Crippen LogP contribution is 2.15. The summed E-state index contributed by atoms with van der Waals surface area (Å²) in [7, 11) is 1.80. The van der Waals surface area contributed by atoms with Gasteiger partial charge in [0.25, 0.3) is 0 Å². The van der Waals surface area contributed by atoms with Crippen molar-refractivity contribution in [2.45, 2.75) is 25.8 Å². The van der Waals surface area contributed by atoms with Gasteiger partial charge in [-0.15, -0.1) is 24.0 Å². The molecule has 0 atom stereocenters. The molecule has 1 aliphatic heterocycles. The highest BCUT2D eigenvalue weighted by atomic mass is 127. The first kappa shape index (κ1) is 23.0. The fraction of sp³-hybridized carbons (Fsp3) is 0.632. The Morgan fingerprint density at radius 1 is 1.19 bits per heavy atom. The topological polar surface area (TPSA) is 58.1 Å². The van der Waals surface area contributed by atoms with E-state index in [9.17, 15) is 0 Å². The average Bonchev–Trinajstić information content (AvgIpc) is 2.65. The molecule has 0 unspecified atom stereocenters. The molecule has 1 fully saturated rings. The Morgan fingerprint density at radius 3 is 2.54 bits per heavy atom. The van der Waals surface area contributed by atoms with Crippen LogP contribution in [0.4, 0.5) is 0 Å². The van der Waals surface area contributed by atoms with E-state index in [4.69, 9.17) is 9.47 Å². The lowest BCUT2D eigenvalue weighted by Gasteiger charge is -2.41. The Balaban J connectivity index is 0.00000338. The van der Waals surface area contributed by atoms with Crippen molar-refractivity contribution < 1.29 is 9.47 Å². The highest BCUT2D eigenvalue weighted by Gasteiger charge is 2.28. The Kier molecular flexibility index (Phi) is 10.9. The lowest BCUT2D eigenvalue weighted by Crippen LogP contribution is -2.56. The van der Waals surface area contributed by atoms with Crippen molar-refractivity contribution in [1.82, 2.24) is 15.5 Å². The molecule has 0 saturated carbocycles. The van der Waals surface area contributed by atoms with Crippen LogP contribution in [-0.2, 0) is 4.74 Å². The third kappa shape index (κ3) is 8.09. The number of hydrogen-bond donors (Lipinski definition) is 2. The second-order valence-corrected chi connectivity index (χ2v) is 6.78. The molecule has 1 aliphatic rings. The van der Waals surface area contributed by atoms with Gasteiger partial charge in [-0.05, 0) is 32.4 Å². The summed E-state index contributed by atoms with van der Waals surface area (Å²) >= 11 is 0. The number of nitrogens with zero attached hydrogens (tertiary/aromatic N) is 2. The maximum absolute atomic E-state index is 5.70. The van der Waals surface area contributed by atoms with E-state index in [2.05, 4.69) is 34.4 Å². The van der Waals surface area contributed by atoms with E-state index in [0.717, 1.165) is 57.5 Å². The monoisotopic (exact) mass is 476 g/mol. The molecule has 1 heterocycles. The summed E-state index contributed by atoms with van der Waals surface area (Å²) in [5.41, 5.74) is 0.0673. The number of benzene rings is 1. The highest BCUT2D eigenvalue weighted by molar-refractivity contribution is 14.0. The fourth-order valence-electron chi connectivity index (χ4n) is 2.79. The zero-order valence-corrected chi connectivity index (χ0v) is 18.5. The maximum Gasteiger partial charge on any atom is 0.191 e. The second-order valence-electron chi connectivity index (χ2n) is 6.78. The molecule has 0 spiro atoms. The predicted octanol–water partition coefficient (Wildman–Crippen LogP) is 2.35. The Morgan fingerprint density at radius 2 is 1.88 bits per heavy atom. The summed E-state index contributed by atoms with van der Waals surface area (Å²) in [6.45, 7) is 10.5. The molecule has 26 heavy (non-hydrogen) atoms. The molecule has 0 amide bonds. The first-order valence-electron chi connectivity index (χ1n) is 9.07. The maximum atomic E-state index is 5.70. The zero-order valence-electron chi connectivity index (χ0n) is 16.2. The van der Waals surface area contributed by atoms with Crippen LogP contribution in [-0.4, -0.2) is 69.4 Å². The van der Waals surface area contributed by atoms with Crippen LogP contribution in [0.25, 0.3) is 0 Å². The van der Waals surface area contributed by atoms with Gasteiger partial charge in [-0.1, -0.05) is 18.2 Å². The number of guanidine groups is 1. The summed E-state index contributed by atoms with van der Waals surface area (Å²) in [6, 6.07) is 9.90. The van der Waals surface area contributed by atoms with Gasteiger partial charge in [-0.3, -0.25) is 9.89 Å². The summed E-state index contributed by atoms with van der Waals surface area (Å²) in [6.07, 6.45) is 0.919. The summed E-state index contributed by atoms with van der Waals surface area (Å²) < 4.78 is 11.1. The van der Waals surface area contributed by atoms with Crippen LogP contribution in [0.5, 0.6) is 5.75 Å². The smallest absolute Gasteiger partial charge is 0.191 e. The van der Waals surface area contributed by atoms with Crippen LogP contribution in [0.2, 0.25) is 0 Å². The minimum absolute atomic E-state index is 0. The first-order chi connectivity index (χ1) is 12.1. The van der Waals surface area contributed by atoms with E-state index >= 15 is 0 Å². The molecule has 1 aromatic carbocycles. The van der Waals surface area contributed by atoms with E-state index in [-0.39, 0.29) is 29.5 Å². The second kappa shape index (κ2) is 12.3. The third-order valence-corrected chi connectivity index (χ3v) is 4.40. The minimum Gasteiger partial charge on any atom is -0.494 e. The molecule has 6 nitrogen and oxygen atoms in total. The molecule has 0 bridgehead atoms. The van der Waals surface area contributed by atoms with Crippen LogP contribution in [0.1, 0.15) is 20.3 Å². The first-order valence-corrected chi connectivity index (χ1v) is 9.07. The number of nitrogens with one attached hydrogen (secondary N) is 2. The van der Waals surface area contributed by atoms with E-state index in [0.29, 0.717) is 6.61 Å². The number of ether oxygens (including phenoxy) is 2. The van der Waals surface area contributed by atoms with Gasteiger partial charge in [0.15, 0.2) is 5.96 Å². The third-order valence-electron chi connectivity index (χ3n) is 4.40. The van der Waals surface area contributed by atoms with Crippen molar-refractivity contribution in [2.75, 3.05) is 53.0 Å². The number of para-hydroxylation sites is 1. The summed E-state index contributed by atoms with van der Waals surface area (Å²) in [5, 5.41) is 6.78. The van der Waals surface area contributed by atoms with Crippen molar-refractivity contribution in [2.24, 2.45) is 4.99 Å². The summed E-state index contributed by atoms with van der Waals surface area (Å²) in [4.78, 5) is 6.77. The van der Waals surface area contributed by atoms with E-state index in [1.54, 1.807) is 7.05 Å². The standard InChI is InChI=1S/C19H32N4O2.HI/c1-19(2,23-11-14-24-15-12-23)16-22-18(20-3)21-10-7-13-25-17-8-5-4-6-9-17;/h4-6,8-9H,7,10-16H2,1-3H3,(H2,20,21,22);1H. The van der Waals surface area contributed by atoms with E-state index < -0.39 is 0 Å². The number of hydrogen-bond acceptors (Lipinski definition) is 4. The number of morpholine rings is 1. The quantitative estimate of drug-likeness (QED) is 0.261. The molecular weight excluding hydrogens is 443 g/mol. The minimum atomic E-state index is 0. The van der Waals surface area contributed by atoms with Crippen LogP contribution >= 0.6 is 24.0 Å². The SMILES string of the molecule is CN=C(NCCCOc1ccccc1)NCC(C)(C)N1CCOCC1.I. The molecule has 7 heteroatoms. The number of rotatable bonds is 8. The molecule has 0 aliphatic carbocycles. The molecule has 2 N–H and O–H groups in total. The van der Waals surface area contributed by atoms with Crippen LogP contribution in [0, 0.1) is 0 Å². The molecule has 0 radical (unpaired) electrons.